The van der Waals surface area contributed by atoms with Crippen molar-refractivity contribution in [3.63, 3.8) is 0 Å². The van der Waals surface area contributed by atoms with Crippen LogP contribution in [-0.2, 0) is 0 Å². The van der Waals surface area contributed by atoms with Crippen molar-refractivity contribution in [2.45, 2.75) is 18.9 Å². The number of fused-ring (bicyclic) bond motifs is 1. The number of nitrogens with two attached hydrogens (primary N) is 1. The summed E-state index contributed by atoms with van der Waals surface area (Å²) < 4.78 is 22.7. The van der Waals surface area contributed by atoms with Crippen LogP contribution in [0, 0.1) is 5.92 Å². The van der Waals surface area contributed by atoms with Crippen molar-refractivity contribution in [3.05, 3.63) is 60.3 Å². The van der Waals surface area contributed by atoms with E-state index in [1.165, 1.54) is 0 Å². The number of benzene rings is 2. The largest absolute Gasteiger partial charge is 0.493 e. The van der Waals surface area contributed by atoms with Gasteiger partial charge in [-0.05, 0) is 54.7 Å². The maximum absolute atomic E-state index is 12.8. The normalized spacial score (nSPS) is 13.9. The molecule has 1 aliphatic carbocycles. The molecule has 1 aliphatic rings. The van der Waals surface area contributed by atoms with Gasteiger partial charge in [-0.1, -0.05) is 12.1 Å². The van der Waals surface area contributed by atoms with Gasteiger partial charge in [-0.25, -0.2) is 0 Å². The second-order valence-electron chi connectivity index (χ2n) is 8.89. The Hall–Kier alpha value is -4.04. The van der Waals surface area contributed by atoms with Crippen molar-refractivity contribution in [2.24, 2.45) is 11.7 Å². The highest BCUT2D eigenvalue weighted by atomic mass is 16.5. The molecule has 2 aromatic heterocycles. The lowest BCUT2D eigenvalue weighted by Crippen LogP contribution is -2.38. The number of aromatic nitrogens is 1. The van der Waals surface area contributed by atoms with Crippen molar-refractivity contribution in [2.75, 3.05) is 27.9 Å². The number of carbonyl (C=O) groups excluding carboxylic acids is 1. The Bertz CT molecular complexity index is 1380. The zero-order valence-corrected chi connectivity index (χ0v) is 20.5. The van der Waals surface area contributed by atoms with Crippen molar-refractivity contribution >= 4 is 17.0 Å². The summed E-state index contributed by atoms with van der Waals surface area (Å²) in [6.45, 7) is 0.476. The molecule has 2 heterocycles. The summed E-state index contributed by atoms with van der Waals surface area (Å²) in [5.41, 5.74) is 10.5. The average molecular weight is 488 g/mol. The van der Waals surface area contributed by atoms with Crippen molar-refractivity contribution in [1.29, 1.82) is 0 Å². The van der Waals surface area contributed by atoms with Crippen molar-refractivity contribution in [1.82, 2.24) is 10.3 Å². The minimum absolute atomic E-state index is 0.00805. The molecular formula is C28H29N3O5. The summed E-state index contributed by atoms with van der Waals surface area (Å²) in [4.78, 5) is 17.3. The summed E-state index contributed by atoms with van der Waals surface area (Å²) in [6.07, 6.45) is 4.02. The highest BCUT2D eigenvalue weighted by Crippen LogP contribution is 2.43. The van der Waals surface area contributed by atoms with Gasteiger partial charge >= 0.3 is 0 Å². The highest BCUT2D eigenvalue weighted by molar-refractivity contribution is 5.98. The second-order valence-corrected chi connectivity index (χ2v) is 8.89. The summed E-state index contributed by atoms with van der Waals surface area (Å²) in [7, 11) is 4.71. The molecule has 1 unspecified atom stereocenters. The number of carbonyl (C=O) groups is 1. The number of nitrogens with zero attached hydrogens (tertiary/aromatic N) is 1. The van der Waals surface area contributed by atoms with Gasteiger partial charge in [0.25, 0.3) is 5.91 Å². The van der Waals surface area contributed by atoms with Gasteiger partial charge in [0, 0.05) is 41.5 Å². The molecule has 0 aliphatic heterocycles. The molecule has 1 atom stereocenters. The first kappa shape index (κ1) is 23.7. The van der Waals surface area contributed by atoms with Crippen LogP contribution >= 0.6 is 0 Å². The summed E-state index contributed by atoms with van der Waals surface area (Å²) in [6, 6.07) is 14.9. The number of furan rings is 1. The molecule has 0 bridgehead atoms. The van der Waals surface area contributed by atoms with Crippen LogP contribution in [0.5, 0.6) is 17.2 Å². The van der Waals surface area contributed by atoms with E-state index in [1.807, 2.05) is 42.5 Å². The number of methoxy groups -OCH3 is 3. The van der Waals surface area contributed by atoms with E-state index in [2.05, 4.69) is 10.3 Å². The minimum atomic E-state index is -0.143. The highest BCUT2D eigenvalue weighted by Gasteiger charge is 2.28. The Morgan fingerprint density at radius 1 is 1.06 bits per heavy atom. The first-order valence-electron chi connectivity index (χ1n) is 11.9. The molecule has 0 saturated heterocycles. The molecule has 1 fully saturated rings. The Labute approximate surface area is 209 Å². The van der Waals surface area contributed by atoms with E-state index in [4.69, 9.17) is 24.4 Å². The third kappa shape index (κ3) is 4.59. The Balaban J connectivity index is 1.48. The monoisotopic (exact) mass is 487 g/mol. The van der Waals surface area contributed by atoms with Crippen LogP contribution in [0.25, 0.3) is 33.6 Å². The molecule has 1 saturated carbocycles. The Kier molecular flexibility index (Phi) is 6.52. The number of rotatable bonds is 9. The molecule has 2 aromatic carbocycles. The number of pyridine rings is 1. The molecule has 8 heteroatoms. The molecule has 3 N–H and O–H groups in total. The van der Waals surface area contributed by atoms with E-state index in [9.17, 15) is 4.79 Å². The lowest BCUT2D eigenvalue weighted by molar-refractivity contribution is 0.0950. The lowest BCUT2D eigenvalue weighted by Gasteiger charge is -2.13. The van der Waals surface area contributed by atoms with Crippen LogP contribution in [0.2, 0.25) is 0 Å². The zero-order chi connectivity index (χ0) is 25.2. The molecule has 8 nitrogen and oxygen atoms in total. The maximum atomic E-state index is 12.8. The summed E-state index contributed by atoms with van der Waals surface area (Å²) >= 11 is 0. The lowest BCUT2D eigenvalue weighted by atomic mass is 10.0. The Morgan fingerprint density at radius 3 is 2.47 bits per heavy atom. The smallest absolute Gasteiger partial charge is 0.251 e. The zero-order valence-electron chi connectivity index (χ0n) is 20.5. The molecule has 0 radical (unpaired) electrons. The van der Waals surface area contributed by atoms with Gasteiger partial charge in [0.1, 0.15) is 11.3 Å². The molecule has 5 rings (SSSR count). The minimum Gasteiger partial charge on any atom is -0.493 e. The summed E-state index contributed by atoms with van der Waals surface area (Å²) in [5.74, 6) is 2.55. The van der Waals surface area contributed by atoms with Gasteiger partial charge in [0.2, 0.25) is 5.75 Å². The fourth-order valence-electron chi connectivity index (χ4n) is 4.36. The maximum Gasteiger partial charge on any atom is 0.251 e. The first-order valence-corrected chi connectivity index (χ1v) is 11.9. The molecule has 1 amide bonds. The molecule has 186 valence electrons. The second kappa shape index (κ2) is 9.91. The van der Waals surface area contributed by atoms with E-state index in [1.54, 1.807) is 33.6 Å². The number of ether oxygens (including phenoxy) is 3. The number of hydrogen-bond acceptors (Lipinski definition) is 7. The van der Waals surface area contributed by atoms with E-state index < -0.39 is 0 Å². The fraction of sp³-hybridized carbons (Fsp3) is 0.286. The average Bonchev–Trinajstić information content (AvgIpc) is 3.68. The predicted octanol–water partition coefficient (Wildman–Crippen LogP) is 4.65. The molecule has 4 aromatic rings. The van der Waals surface area contributed by atoms with Gasteiger partial charge < -0.3 is 29.7 Å². The van der Waals surface area contributed by atoms with Crippen LogP contribution in [-0.4, -0.2) is 44.8 Å². The SMILES string of the molecule is COc1cc(-c2cc3nccc(-c4cccc(C(=O)NCC(N)C5CC5)c4)c3o2)cc(OC)c1OC. The van der Waals surface area contributed by atoms with Crippen molar-refractivity contribution in [3.8, 4) is 39.7 Å². The predicted molar refractivity (Wildman–Crippen MR) is 138 cm³/mol. The van der Waals surface area contributed by atoms with E-state index >= 15 is 0 Å². The third-order valence-corrected chi connectivity index (χ3v) is 6.52. The van der Waals surface area contributed by atoms with Gasteiger partial charge in [0.05, 0.1) is 21.3 Å². The van der Waals surface area contributed by atoms with Crippen LogP contribution in [0.3, 0.4) is 0 Å². The topological polar surface area (TPSA) is 109 Å². The van der Waals surface area contributed by atoms with E-state index in [0.717, 1.165) is 29.5 Å². The van der Waals surface area contributed by atoms with E-state index in [0.29, 0.717) is 52.1 Å². The van der Waals surface area contributed by atoms with Crippen LogP contribution in [0.15, 0.2) is 59.1 Å². The fourth-order valence-corrected chi connectivity index (χ4v) is 4.36. The van der Waals surface area contributed by atoms with Gasteiger partial charge in [0.15, 0.2) is 17.1 Å². The van der Waals surface area contributed by atoms with Crippen molar-refractivity contribution < 1.29 is 23.4 Å². The first-order chi connectivity index (χ1) is 17.5. The van der Waals surface area contributed by atoms with Crippen LogP contribution in [0.1, 0.15) is 23.2 Å². The van der Waals surface area contributed by atoms with Crippen LogP contribution < -0.4 is 25.3 Å². The van der Waals surface area contributed by atoms with E-state index in [-0.39, 0.29) is 11.9 Å². The standard InChI is InChI=1S/C28H29N3O5/c1-33-24-12-19(13-25(34-2)27(24)35-3)23-14-22-26(36-23)20(9-10-30-22)17-5-4-6-18(11-17)28(32)31-15-21(29)16-7-8-16/h4-6,9-14,16,21H,7-8,15,29H2,1-3H3,(H,31,32). The molecule has 0 spiro atoms. The number of hydrogen-bond donors (Lipinski definition) is 2. The quantitative estimate of drug-likeness (QED) is 0.354. The number of amides is 1. The third-order valence-electron chi connectivity index (χ3n) is 6.52. The molecular weight excluding hydrogens is 458 g/mol. The molecule has 36 heavy (non-hydrogen) atoms. The van der Waals surface area contributed by atoms with Crippen LogP contribution in [0.4, 0.5) is 0 Å². The van der Waals surface area contributed by atoms with Gasteiger partial charge in [-0.15, -0.1) is 0 Å². The number of nitrogens with one attached hydrogen (secondary N) is 1. The van der Waals surface area contributed by atoms with Gasteiger partial charge in [-0.2, -0.15) is 0 Å². The summed E-state index contributed by atoms with van der Waals surface area (Å²) in [5, 5.41) is 2.96. The Morgan fingerprint density at radius 2 is 1.81 bits per heavy atom. The van der Waals surface area contributed by atoms with Gasteiger partial charge in [-0.3, -0.25) is 9.78 Å².